The number of aromatic nitrogens is 4. The zero-order chi connectivity index (χ0) is 22.0. The van der Waals surface area contributed by atoms with E-state index in [-0.39, 0.29) is 19.0 Å². The first kappa shape index (κ1) is 21.3. The summed E-state index contributed by atoms with van der Waals surface area (Å²) in [6.45, 7) is 4.84. The molecule has 2 heterocycles. The largest absolute Gasteiger partial charge is 0.496 e. The molecule has 0 fully saturated rings. The van der Waals surface area contributed by atoms with Crippen LogP contribution in [0, 0.1) is 6.92 Å². The molecule has 0 N–H and O–H groups in total. The van der Waals surface area contributed by atoms with E-state index in [0.29, 0.717) is 10.8 Å². The Morgan fingerprint density at radius 1 is 1.23 bits per heavy atom. The molecule has 0 radical (unpaired) electrons. The van der Waals surface area contributed by atoms with Crippen LogP contribution in [0.1, 0.15) is 23.1 Å². The fourth-order valence-corrected chi connectivity index (χ4v) is 4.48. The van der Waals surface area contributed by atoms with E-state index in [2.05, 4.69) is 15.3 Å². The molecule has 160 valence electrons. The molecule has 9 heteroatoms. The van der Waals surface area contributed by atoms with Crippen LogP contribution < -0.4 is 4.74 Å². The Kier molecular flexibility index (Phi) is 6.20. The van der Waals surface area contributed by atoms with Crippen LogP contribution in [0.3, 0.4) is 0 Å². The highest BCUT2D eigenvalue weighted by atomic mass is 35.5. The maximum absolute atomic E-state index is 12.4. The fourth-order valence-electron chi connectivity index (χ4n) is 3.24. The topological polar surface area (TPSA) is 79.1 Å². The first-order chi connectivity index (χ1) is 15.0. The maximum atomic E-state index is 12.4. The van der Waals surface area contributed by atoms with Crippen LogP contribution in [-0.4, -0.2) is 33.1 Å². The summed E-state index contributed by atoms with van der Waals surface area (Å²) in [5.41, 5.74) is 4.26. The number of aryl methyl sites for hydroxylation is 2. The van der Waals surface area contributed by atoms with E-state index in [1.165, 1.54) is 11.3 Å². The molecule has 0 unspecified atom stereocenters. The number of esters is 1. The molecule has 4 rings (SSSR count). The molecule has 0 spiro atoms. The van der Waals surface area contributed by atoms with Gasteiger partial charge in [-0.1, -0.05) is 22.9 Å². The molecule has 0 saturated heterocycles. The number of nitrogens with zero attached hydrogens (tertiary/aromatic N) is 4. The van der Waals surface area contributed by atoms with Crippen LogP contribution in [-0.2, 0) is 29.1 Å². The standard InChI is InChI=1S/C22H21ClN4O3S/c1-4-27-18-8-5-14(9-17(18)25-26-27)12-30-21(28)11-20-13(2)24-22(31-20)16-7-6-15(23)10-19(16)29-3/h5-10H,4,11-12H2,1-3H3. The predicted octanol–water partition coefficient (Wildman–Crippen LogP) is 4.83. The number of rotatable bonds is 7. The quantitative estimate of drug-likeness (QED) is 0.370. The van der Waals surface area contributed by atoms with Gasteiger partial charge in [-0.05, 0) is 49.7 Å². The number of hydrogen-bond acceptors (Lipinski definition) is 7. The van der Waals surface area contributed by atoms with Crippen LogP contribution in [0.5, 0.6) is 5.75 Å². The van der Waals surface area contributed by atoms with E-state index in [9.17, 15) is 4.79 Å². The number of ether oxygens (including phenoxy) is 2. The van der Waals surface area contributed by atoms with Gasteiger partial charge in [-0.25, -0.2) is 9.67 Å². The molecular weight excluding hydrogens is 436 g/mol. The second kappa shape index (κ2) is 9.03. The zero-order valence-electron chi connectivity index (χ0n) is 17.4. The second-order valence-corrected chi connectivity index (χ2v) is 8.46. The first-order valence-corrected chi connectivity index (χ1v) is 11.0. The number of benzene rings is 2. The lowest BCUT2D eigenvalue weighted by atomic mass is 10.2. The summed E-state index contributed by atoms with van der Waals surface area (Å²) >= 11 is 7.50. The number of methoxy groups -OCH3 is 1. The van der Waals surface area contributed by atoms with Gasteiger partial charge >= 0.3 is 5.97 Å². The molecule has 2 aromatic carbocycles. The molecule has 0 aliphatic carbocycles. The van der Waals surface area contributed by atoms with Crippen molar-refractivity contribution in [3.63, 3.8) is 0 Å². The minimum atomic E-state index is -0.307. The van der Waals surface area contributed by atoms with Crippen molar-refractivity contribution in [2.45, 2.75) is 33.4 Å². The Labute approximate surface area is 188 Å². The lowest BCUT2D eigenvalue weighted by molar-refractivity contribution is -0.144. The Morgan fingerprint density at radius 2 is 2.06 bits per heavy atom. The molecule has 0 aliphatic rings. The highest BCUT2D eigenvalue weighted by Crippen LogP contribution is 2.36. The van der Waals surface area contributed by atoms with Crippen LogP contribution in [0.2, 0.25) is 5.02 Å². The molecule has 4 aromatic rings. The Hall–Kier alpha value is -2.97. The van der Waals surface area contributed by atoms with E-state index >= 15 is 0 Å². The van der Waals surface area contributed by atoms with E-state index in [1.54, 1.807) is 19.2 Å². The minimum absolute atomic E-state index is 0.160. The van der Waals surface area contributed by atoms with Gasteiger partial charge in [0.1, 0.15) is 22.9 Å². The van der Waals surface area contributed by atoms with Gasteiger partial charge in [-0.3, -0.25) is 4.79 Å². The summed E-state index contributed by atoms with van der Waals surface area (Å²) in [6.07, 6.45) is 0.160. The lowest BCUT2D eigenvalue weighted by Gasteiger charge is -2.06. The highest BCUT2D eigenvalue weighted by molar-refractivity contribution is 7.15. The molecule has 0 aliphatic heterocycles. The van der Waals surface area contributed by atoms with Crippen molar-refractivity contribution in [2.24, 2.45) is 0 Å². The predicted molar refractivity (Wildman–Crippen MR) is 121 cm³/mol. The second-order valence-electron chi connectivity index (χ2n) is 6.94. The first-order valence-electron chi connectivity index (χ1n) is 9.76. The Bertz CT molecular complexity index is 1250. The number of carbonyl (C=O) groups is 1. The van der Waals surface area contributed by atoms with Gasteiger partial charge in [0.05, 0.1) is 30.3 Å². The zero-order valence-corrected chi connectivity index (χ0v) is 19.0. The van der Waals surface area contributed by atoms with Gasteiger partial charge in [0.2, 0.25) is 0 Å². The van der Waals surface area contributed by atoms with Crippen molar-refractivity contribution in [3.8, 4) is 16.3 Å². The van der Waals surface area contributed by atoms with Crippen molar-refractivity contribution >= 4 is 39.9 Å². The van der Waals surface area contributed by atoms with Crippen LogP contribution >= 0.6 is 22.9 Å². The van der Waals surface area contributed by atoms with E-state index in [4.69, 9.17) is 21.1 Å². The Balaban J connectivity index is 1.43. The van der Waals surface area contributed by atoms with Gasteiger partial charge in [0, 0.05) is 16.4 Å². The number of fused-ring (bicyclic) bond motifs is 1. The maximum Gasteiger partial charge on any atom is 0.311 e. The van der Waals surface area contributed by atoms with Crippen molar-refractivity contribution in [1.29, 1.82) is 0 Å². The summed E-state index contributed by atoms with van der Waals surface area (Å²) < 4.78 is 12.7. The summed E-state index contributed by atoms with van der Waals surface area (Å²) in [6, 6.07) is 11.2. The van der Waals surface area contributed by atoms with E-state index in [1.807, 2.05) is 42.8 Å². The van der Waals surface area contributed by atoms with Crippen molar-refractivity contribution in [3.05, 3.63) is 57.6 Å². The molecular formula is C22H21ClN4O3S. The fraction of sp³-hybridized carbons (Fsp3) is 0.273. The minimum Gasteiger partial charge on any atom is -0.496 e. The monoisotopic (exact) mass is 456 g/mol. The highest BCUT2D eigenvalue weighted by Gasteiger charge is 2.17. The third-order valence-corrected chi connectivity index (χ3v) is 6.30. The van der Waals surface area contributed by atoms with Crippen LogP contribution in [0.15, 0.2) is 36.4 Å². The van der Waals surface area contributed by atoms with E-state index in [0.717, 1.165) is 44.3 Å². The lowest BCUT2D eigenvalue weighted by Crippen LogP contribution is -2.07. The average Bonchev–Trinajstić information content (AvgIpc) is 3.34. The third kappa shape index (κ3) is 4.55. The van der Waals surface area contributed by atoms with Gasteiger partial charge in [0.15, 0.2) is 0 Å². The van der Waals surface area contributed by atoms with E-state index < -0.39 is 0 Å². The van der Waals surface area contributed by atoms with Gasteiger partial charge < -0.3 is 9.47 Å². The summed E-state index contributed by atoms with van der Waals surface area (Å²) in [5, 5.41) is 9.62. The number of hydrogen-bond donors (Lipinski definition) is 0. The van der Waals surface area contributed by atoms with Crippen molar-refractivity contribution in [1.82, 2.24) is 20.0 Å². The Morgan fingerprint density at radius 3 is 2.84 bits per heavy atom. The summed E-state index contributed by atoms with van der Waals surface area (Å²) in [5.74, 6) is 0.337. The number of carbonyl (C=O) groups excluding carboxylic acids is 1. The average molecular weight is 457 g/mol. The third-order valence-electron chi connectivity index (χ3n) is 4.87. The number of halogens is 1. The van der Waals surface area contributed by atoms with Crippen molar-refractivity contribution < 1.29 is 14.3 Å². The molecule has 0 saturated carbocycles. The van der Waals surface area contributed by atoms with Crippen LogP contribution in [0.4, 0.5) is 0 Å². The van der Waals surface area contributed by atoms with Gasteiger partial charge in [-0.2, -0.15) is 0 Å². The molecule has 2 aromatic heterocycles. The molecule has 0 bridgehead atoms. The molecule has 31 heavy (non-hydrogen) atoms. The van der Waals surface area contributed by atoms with Gasteiger partial charge in [0.25, 0.3) is 0 Å². The van der Waals surface area contributed by atoms with Crippen LogP contribution in [0.25, 0.3) is 21.6 Å². The summed E-state index contributed by atoms with van der Waals surface area (Å²) in [7, 11) is 1.59. The molecule has 0 amide bonds. The normalized spacial score (nSPS) is 11.1. The smallest absolute Gasteiger partial charge is 0.311 e. The molecule has 7 nitrogen and oxygen atoms in total. The molecule has 0 atom stereocenters. The summed E-state index contributed by atoms with van der Waals surface area (Å²) in [4.78, 5) is 17.9. The van der Waals surface area contributed by atoms with Crippen molar-refractivity contribution in [2.75, 3.05) is 7.11 Å². The number of thiazole rings is 1. The SMILES string of the molecule is CCn1nnc2cc(COC(=O)Cc3sc(-c4ccc(Cl)cc4OC)nc3C)ccc21. The van der Waals surface area contributed by atoms with Gasteiger partial charge in [-0.15, -0.1) is 16.4 Å².